The number of nitrogens with zero attached hydrogens (tertiary/aromatic N) is 3. The first kappa shape index (κ1) is 18.8. The first-order valence-electron chi connectivity index (χ1n) is 8.81. The summed E-state index contributed by atoms with van der Waals surface area (Å²) < 4.78 is 35.2. The van der Waals surface area contributed by atoms with Crippen LogP contribution < -0.4 is 10.3 Å². The van der Waals surface area contributed by atoms with E-state index in [0.717, 1.165) is 0 Å². The maximum absolute atomic E-state index is 14.0. The Morgan fingerprint density at radius 2 is 1.97 bits per heavy atom. The first-order valence-corrected chi connectivity index (χ1v) is 8.81. The Balaban J connectivity index is 1.81. The highest BCUT2D eigenvalue weighted by Crippen LogP contribution is 2.25. The van der Waals surface area contributed by atoms with Gasteiger partial charge in [-0.1, -0.05) is 18.2 Å². The van der Waals surface area contributed by atoms with E-state index in [0.29, 0.717) is 22.4 Å². The summed E-state index contributed by atoms with van der Waals surface area (Å²) in [5.41, 5.74) is 1.45. The number of benzene rings is 2. The lowest BCUT2D eigenvalue weighted by atomic mass is 10.1. The van der Waals surface area contributed by atoms with Crippen molar-refractivity contribution in [2.24, 2.45) is 0 Å². The molecule has 0 spiro atoms. The molecule has 4 aromatic rings. The zero-order valence-electron chi connectivity index (χ0n) is 15.5. The molecule has 2 heterocycles. The summed E-state index contributed by atoms with van der Waals surface area (Å²) in [5, 5.41) is 14.2. The van der Waals surface area contributed by atoms with Gasteiger partial charge in [0.05, 0.1) is 26.0 Å². The second-order valence-corrected chi connectivity index (χ2v) is 6.49. The third-order valence-corrected chi connectivity index (χ3v) is 4.69. The third kappa shape index (κ3) is 3.38. The predicted molar refractivity (Wildman–Crippen MR) is 103 cm³/mol. The number of methoxy groups -OCH3 is 1. The van der Waals surface area contributed by atoms with Crippen LogP contribution in [0.2, 0.25) is 0 Å². The first-order chi connectivity index (χ1) is 14.0. The highest BCUT2D eigenvalue weighted by molar-refractivity contribution is 5.72. The second-order valence-electron chi connectivity index (χ2n) is 6.49. The minimum atomic E-state index is -0.520. The number of fused-ring (bicyclic) bond motifs is 1. The average Bonchev–Trinajstić information content (AvgIpc) is 3.10. The zero-order valence-corrected chi connectivity index (χ0v) is 15.5. The minimum absolute atomic E-state index is 0.120. The number of halogens is 2. The van der Waals surface area contributed by atoms with E-state index in [2.05, 4.69) is 5.10 Å². The molecule has 0 atom stereocenters. The molecule has 4 rings (SSSR count). The quantitative estimate of drug-likeness (QED) is 0.562. The summed E-state index contributed by atoms with van der Waals surface area (Å²) >= 11 is 0. The molecule has 0 unspecified atom stereocenters. The topological polar surface area (TPSA) is 68.8 Å². The van der Waals surface area contributed by atoms with Crippen molar-refractivity contribution in [3.05, 3.63) is 88.0 Å². The number of aromatic nitrogens is 3. The molecule has 0 aliphatic rings. The second kappa shape index (κ2) is 7.48. The van der Waals surface area contributed by atoms with E-state index >= 15 is 0 Å². The van der Waals surface area contributed by atoms with Crippen LogP contribution in [-0.4, -0.2) is 26.4 Å². The predicted octanol–water partition coefficient (Wildman–Crippen LogP) is 2.99. The van der Waals surface area contributed by atoms with Crippen molar-refractivity contribution < 1.29 is 18.6 Å². The number of hydrogen-bond donors (Lipinski definition) is 1. The fourth-order valence-electron chi connectivity index (χ4n) is 3.30. The molecule has 0 radical (unpaired) electrons. The summed E-state index contributed by atoms with van der Waals surface area (Å²) in [6, 6.07) is 10.2. The van der Waals surface area contributed by atoms with Crippen molar-refractivity contribution in [1.29, 1.82) is 0 Å². The lowest BCUT2D eigenvalue weighted by molar-refractivity contribution is 0.283. The molecule has 0 amide bonds. The molecule has 0 bridgehead atoms. The fourth-order valence-corrected chi connectivity index (χ4v) is 3.30. The molecule has 0 saturated carbocycles. The average molecular weight is 397 g/mol. The van der Waals surface area contributed by atoms with Crippen LogP contribution in [0.5, 0.6) is 5.75 Å². The molecule has 0 saturated heterocycles. The smallest absolute Gasteiger partial charge is 0.277 e. The van der Waals surface area contributed by atoms with Crippen molar-refractivity contribution in [2.75, 3.05) is 7.11 Å². The van der Waals surface area contributed by atoms with Gasteiger partial charge in [-0.3, -0.25) is 4.79 Å². The van der Waals surface area contributed by atoms with Gasteiger partial charge in [0.25, 0.3) is 5.56 Å². The van der Waals surface area contributed by atoms with E-state index < -0.39 is 23.8 Å². The van der Waals surface area contributed by atoms with Gasteiger partial charge in [-0.05, 0) is 29.8 Å². The van der Waals surface area contributed by atoms with Gasteiger partial charge in [0.15, 0.2) is 11.6 Å². The van der Waals surface area contributed by atoms with Crippen molar-refractivity contribution in [3.8, 4) is 17.0 Å². The Morgan fingerprint density at radius 1 is 1.14 bits per heavy atom. The van der Waals surface area contributed by atoms with Gasteiger partial charge >= 0.3 is 0 Å². The Morgan fingerprint density at radius 3 is 2.66 bits per heavy atom. The molecule has 148 valence electrons. The molecule has 0 aliphatic heterocycles. The number of ether oxygens (including phenoxy) is 1. The zero-order chi connectivity index (χ0) is 20.5. The maximum atomic E-state index is 14.0. The summed E-state index contributed by atoms with van der Waals surface area (Å²) in [4.78, 5) is 13.0. The molecule has 8 heteroatoms. The number of hydrogen-bond acceptors (Lipinski definition) is 4. The van der Waals surface area contributed by atoms with Crippen molar-refractivity contribution in [2.45, 2.75) is 13.2 Å². The maximum Gasteiger partial charge on any atom is 0.277 e. The standard InChI is InChI=1S/C21H17F2N3O3/c1-29-18-6-5-13(9-17(18)23)11-25-7-8-26-20(21(25)28)16(12-27)19(24-26)14-3-2-4-15(22)10-14/h2-10,27H,11-12H2,1H3. The van der Waals surface area contributed by atoms with Crippen LogP contribution in [-0.2, 0) is 13.2 Å². The van der Waals surface area contributed by atoms with Gasteiger partial charge in [-0.2, -0.15) is 5.10 Å². The number of rotatable bonds is 5. The van der Waals surface area contributed by atoms with E-state index in [1.165, 1.54) is 52.7 Å². The van der Waals surface area contributed by atoms with Crippen LogP contribution in [0, 0.1) is 11.6 Å². The van der Waals surface area contributed by atoms with Gasteiger partial charge < -0.3 is 14.4 Å². The van der Waals surface area contributed by atoms with E-state index in [9.17, 15) is 18.7 Å². The van der Waals surface area contributed by atoms with Gasteiger partial charge in [-0.25, -0.2) is 13.3 Å². The lowest BCUT2D eigenvalue weighted by Gasteiger charge is -2.08. The summed E-state index contributed by atoms with van der Waals surface area (Å²) in [7, 11) is 1.38. The Bertz CT molecular complexity index is 1260. The number of aliphatic hydroxyl groups is 1. The van der Waals surface area contributed by atoms with E-state index in [4.69, 9.17) is 4.74 Å². The van der Waals surface area contributed by atoms with Crippen LogP contribution in [0.15, 0.2) is 59.7 Å². The van der Waals surface area contributed by atoms with Gasteiger partial charge in [-0.15, -0.1) is 0 Å². The van der Waals surface area contributed by atoms with Crippen molar-refractivity contribution in [3.63, 3.8) is 0 Å². The minimum Gasteiger partial charge on any atom is -0.494 e. The molecule has 2 aromatic heterocycles. The van der Waals surface area contributed by atoms with Gasteiger partial charge in [0.2, 0.25) is 0 Å². The molecule has 29 heavy (non-hydrogen) atoms. The molecule has 6 nitrogen and oxygen atoms in total. The molecular formula is C21H17F2N3O3. The highest BCUT2D eigenvalue weighted by Gasteiger charge is 2.18. The monoisotopic (exact) mass is 397 g/mol. The van der Waals surface area contributed by atoms with Crippen molar-refractivity contribution in [1.82, 2.24) is 14.2 Å². The summed E-state index contributed by atoms with van der Waals surface area (Å²) in [5.74, 6) is -0.843. The Kier molecular flexibility index (Phi) is 4.85. The van der Waals surface area contributed by atoms with Crippen LogP contribution >= 0.6 is 0 Å². The largest absolute Gasteiger partial charge is 0.494 e. The van der Waals surface area contributed by atoms with Crippen LogP contribution in [0.3, 0.4) is 0 Å². The lowest BCUT2D eigenvalue weighted by Crippen LogP contribution is -2.22. The summed E-state index contributed by atoms with van der Waals surface area (Å²) in [6.45, 7) is -0.312. The number of aliphatic hydroxyl groups excluding tert-OH is 1. The molecular weight excluding hydrogens is 380 g/mol. The van der Waals surface area contributed by atoms with Gasteiger partial charge in [0.1, 0.15) is 11.3 Å². The van der Waals surface area contributed by atoms with E-state index in [1.807, 2.05) is 0 Å². The SMILES string of the molecule is COc1ccc(Cn2ccn3nc(-c4cccc(F)c4)c(CO)c3c2=O)cc1F. The Hall–Kier alpha value is -3.52. The molecule has 0 fully saturated rings. The molecule has 0 aliphatic carbocycles. The third-order valence-electron chi connectivity index (χ3n) is 4.69. The highest BCUT2D eigenvalue weighted by atomic mass is 19.1. The van der Waals surface area contributed by atoms with Crippen molar-refractivity contribution >= 4 is 5.52 Å². The van der Waals surface area contributed by atoms with Crippen LogP contribution in [0.1, 0.15) is 11.1 Å². The molecule has 1 N–H and O–H groups in total. The van der Waals surface area contributed by atoms with E-state index in [-0.39, 0.29) is 17.8 Å². The molecule has 2 aromatic carbocycles. The van der Waals surface area contributed by atoms with Gasteiger partial charge in [0, 0.05) is 23.5 Å². The Labute approximate surface area is 164 Å². The van der Waals surface area contributed by atoms with E-state index in [1.54, 1.807) is 18.3 Å². The van der Waals surface area contributed by atoms with Crippen LogP contribution in [0.4, 0.5) is 8.78 Å². The summed E-state index contributed by atoms with van der Waals surface area (Å²) in [6.07, 6.45) is 3.10. The van der Waals surface area contributed by atoms with Crippen LogP contribution in [0.25, 0.3) is 16.8 Å². The fraction of sp³-hybridized carbons (Fsp3) is 0.143. The normalized spacial score (nSPS) is 11.2.